The fourth-order valence-corrected chi connectivity index (χ4v) is 2.34. The minimum Gasteiger partial charge on any atom is -0.490 e. The van der Waals surface area contributed by atoms with Crippen molar-refractivity contribution in [3.63, 3.8) is 0 Å². The summed E-state index contributed by atoms with van der Waals surface area (Å²) < 4.78 is 11.5. The third-order valence-corrected chi connectivity index (χ3v) is 3.95. The van der Waals surface area contributed by atoms with Crippen LogP contribution >= 0.6 is 15.9 Å². The molecule has 0 spiro atoms. The van der Waals surface area contributed by atoms with Crippen LogP contribution in [-0.2, 0) is 9.53 Å². The highest BCUT2D eigenvalue weighted by molar-refractivity contribution is 9.10. The van der Waals surface area contributed by atoms with E-state index in [0.29, 0.717) is 12.2 Å². The Kier molecular flexibility index (Phi) is 7.47. The monoisotopic (exact) mass is 405 g/mol. The molecule has 6 heteroatoms. The second kappa shape index (κ2) is 9.84. The van der Waals surface area contributed by atoms with Crippen LogP contribution in [0.1, 0.15) is 22.3 Å². The number of rotatable bonds is 8. The molecule has 1 N–H and O–H groups in total. The first-order chi connectivity index (χ1) is 12.1. The van der Waals surface area contributed by atoms with Crippen molar-refractivity contribution in [2.24, 2.45) is 0 Å². The SMILES string of the molecule is Cc1ccccc1OCCOC(=O)CCNC(=O)c1ccc(Br)cc1. The van der Waals surface area contributed by atoms with E-state index in [1.807, 2.05) is 31.2 Å². The molecule has 0 saturated carbocycles. The van der Waals surface area contributed by atoms with Crippen LogP contribution in [0.4, 0.5) is 0 Å². The summed E-state index contributed by atoms with van der Waals surface area (Å²) in [6.45, 7) is 2.65. The van der Waals surface area contributed by atoms with Crippen LogP contribution in [0.3, 0.4) is 0 Å². The molecule has 2 rings (SSSR count). The Hall–Kier alpha value is -2.34. The van der Waals surface area contributed by atoms with Gasteiger partial charge in [-0.2, -0.15) is 0 Å². The molecule has 0 atom stereocenters. The molecule has 132 valence electrons. The maximum Gasteiger partial charge on any atom is 0.307 e. The predicted molar refractivity (Wildman–Crippen MR) is 98.7 cm³/mol. The Balaban J connectivity index is 1.60. The minimum atomic E-state index is -0.371. The molecule has 2 aromatic carbocycles. The van der Waals surface area contributed by atoms with Gasteiger partial charge in [0, 0.05) is 16.6 Å². The first-order valence-electron chi connectivity index (χ1n) is 7.94. The number of halogens is 1. The molecule has 25 heavy (non-hydrogen) atoms. The van der Waals surface area contributed by atoms with Crippen LogP contribution in [0, 0.1) is 6.92 Å². The van der Waals surface area contributed by atoms with Gasteiger partial charge in [-0.05, 0) is 42.8 Å². The Morgan fingerprint density at radius 2 is 1.76 bits per heavy atom. The van der Waals surface area contributed by atoms with Crippen molar-refractivity contribution in [3.05, 3.63) is 64.1 Å². The molecule has 2 aromatic rings. The van der Waals surface area contributed by atoms with Crippen molar-refractivity contribution in [2.75, 3.05) is 19.8 Å². The summed E-state index contributed by atoms with van der Waals surface area (Å²) in [6.07, 6.45) is 0.118. The summed E-state index contributed by atoms with van der Waals surface area (Å²) in [5.74, 6) is 0.188. The lowest BCUT2D eigenvalue weighted by molar-refractivity contribution is -0.144. The second-order valence-corrected chi connectivity index (χ2v) is 6.26. The summed E-state index contributed by atoms with van der Waals surface area (Å²) >= 11 is 3.31. The van der Waals surface area contributed by atoms with E-state index in [1.54, 1.807) is 24.3 Å². The van der Waals surface area contributed by atoms with Gasteiger partial charge >= 0.3 is 5.97 Å². The summed E-state index contributed by atoms with van der Waals surface area (Å²) in [4.78, 5) is 23.5. The maximum absolute atomic E-state index is 11.9. The van der Waals surface area contributed by atoms with Gasteiger partial charge in [0.15, 0.2) is 0 Å². The summed E-state index contributed by atoms with van der Waals surface area (Å²) in [5.41, 5.74) is 1.58. The lowest BCUT2D eigenvalue weighted by atomic mass is 10.2. The summed E-state index contributed by atoms with van der Waals surface area (Å²) in [5, 5.41) is 2.69. The quantitative estimate of drug-likeness (QED) is 0.539. The Morgan fingerprint density at radius 3 is 2.48 bits per heavy atom. The number of carbonyl (C=O) groups excluding carboxylic acids is 2. The molecule has 0 aliphatic rings. The molecular formula is C19H20BrNO4. The van der Waals surface area contributed by atoms with Crippen molar-refractivity contribution >= 4 is 27.8 Å². The summed E-state index contributed by atoms with van der Waals surface area (Å²) in [6, 6.07) is 14.6. The number of nitrogens with one attached hydrogen (secondary N) is 1. The maximum atomic E-state index is 11.9. The zero-order chi connectivity index (χ0) is 18.1. The third kappa shape index (κ3) is 6.58. The van der Waals surface area contributed by atoms with Crippen LogP contribution in [0.15, 0.2) is 53.0 Å². The largest absolute Gasteiger partial charge is 0.490 e. The number of hydrogen-bond acceptors (Lipinski definition) is 4. The number of para-hydroxylation sites is 1. The van der Waals surface area contributed by atoms with Gasteiger partial charge in [-0.25, -0.2) is 0 Å². The first-order valence-corrected chi connectivity index (χ1v) is 8.73. The number of benzene rings is 2. The van der Waals surface area contributed by atoms with Crippen molar-refractivity contribution in [1.82, 2.24) is 5.32 Å². The predicted octanol–water partition coefficient (Wildman–Crippen LogP) is 3.50. The Bertz CT molecular complexity index is 716. The highest BCUT2D eigenvalue weighted by Crippen LogP contribution is 2.15. The highest BCUT2D eigenvalue weighted by atomic mass is 79.9. The zero-order valence-corrected chi connectivity index (χ0v) is 15.5. The summed E-state index contributed by atoms with van der Waals surface area (Å²) in [7, 11) is 0. The van der Waals surface area contributed by atoms with E-state index in [1.165, 1.54) is 0 Å². The van der Waals surface area contributed by atoms with E-state index in [9.17, 15) is 9.59 Å². The topological polar surface area (TPSA) is 64.6 Å². The van der Waals surface area contributed by atoms with Crippen molar-refractivity contribution in [1.29, 1.82) is 0 Å². The van der Waals surface area contributed by atoms with Gasteiger partial charge in [0.1, 0.15) is 19.0 Å². The molecule has 0 aliphatic carbocycles. The van der Waals surface area contributed by atoms with Gasteiger partial charge in [0.05, 0.1) is 6.42 Å². The zero-order valence-electron chi connectivity index (χ0n) is 14.0. The molecule has 0 unspecified atom stereocenters. The van der Waals surface area contributed by atoms with Crippen LogP contribution in [-0.4, -0.2) is 31.6 Å². The van der Waals surface area contributed by atoms with E-state index < -0.39 is 0 Å². The number of amides is 1. The van der Waals surface area contributed by atoms with E-state index in [4.69, 9.17) is 9.47 Å². The number of hydrogen-bond donors (Lipinski definition) is 1. The molecule has 0 radical (unpaired) electrons. The van der Waals surface area contributed by atoms with Gasteiger partial charge in [0.2, 0.25) is 0 Å². The van der Waals surface area contributed by atoms with E-state index >= 15 is 0 Å². The second-order valence-electron chi connectivity index (χ2n) is 5.35. The average molecular weight is 406 g/mol. The van der Waals surface area contributed by atoms with Crippen LogP contribution < -0.4 is 10.1 Å². The van der Waals surface area contributed by atoms with E-state index in [-0.39, 0.29) is 31.4 Å². The third-order valence-electron chi connectivity index (χ3n) is 3.42. The fraction of sp³-hybridized carbons (Fsp3) is 0.263. The molecular weight excluding hydrogens is 386 g/mol. The van der Waals surface area contributed by atoms with Gasteiger partial charge < -0.3 is 14.8 Å². The van der Waals surface area contributed by atoms with Crippen molar-refractivity contribution in [3.8, 4) is 5.75 Å². The Labute approximate surface area is 155 Å². The number of esters is 1. The molecule has 1 amide bonds. The smallest absolute Gasteiger partial charge is 0.307 e. The number of aryl methyl sites for hydroxylation is 1. The molecule has 0 heterocycles. The van der Waals surface area contributed by atoms with Crippen molar-refractivity contribution in [2.45, 2.75) is 13.3 Å². The lowest BCUT2D eigenvalue weighted by Crippen LogP contribution is -2.26. The van der Waals surface area contributed by atoms with Crippen LogP contribution in [0.25, 0.3) is 0 Å². The van der Waals surface area contributed by atoms with Crippen LogP contribution in [0.5, 0.6) is 5.75 Å². The van der Waals surface area contributed by atoms with E-state index in [2.05, 4.69) is 21.2 Å². The van der Waals surface area contributed by atoms with E-state index in [0.717, 1.165) is 15.8 Å². The highest BCUT2D eigenvalue weighted by Gasteiger charge is 2.07. The van der Waals surface area contributed by atoms with Gasteiger partial charge in [-0.15, -0.1) is 0 Å². The normalized spacial score (nSPS) is 10.2. The standard InChI is InChI=1S/C19H20BrNO4/c1-14-4-2-3-5-17(14)24-12-13-25-18(22)10-11-21-19(23)15-6-8-16(20)9-7-15/h2-9H,10-13H2,1H3,(H,21,23). The number of ether oxygens (including phenoxy) is 2. The van der Waals surface area contributed by atoms with Crippen molar-refractivity contribution < 1.29 is 19.1 Å². The van der Waals surface area contributed by atoms with Gasteiger partial charge in [0.25, 0.3) is 5.91 Å². The van der Waals surface area contributed by atoms with Gasteiger partial charge in [-0.3, -0.25) is 9.59 Å². The molecule has 0 aromatic heterocycles. The molecule has 5 nitrogen and oxygen atoms in total. The number of carbonyl (C=O) groups is 2. The lowest BCUT2D eigenvalue weighted by Gasteiger charge is -2.09. The first kappa shape index (κ1) is 19.0. The molecule has 0 fully saturated rings. The molecule has 0 bridgehead atoms. The molecule has 0 aliphatic heterocycles. The minimum absolute atomic E-state index is 0.118. The Morgan fingerprint density at radius 1 is 1.04 bits per heavy atom. The fourth-order valence-electron chi connectivity index (χ4n) is 2.08. The van der Waals surface area contributed by atoms with Gasteiger partial charge in [-0.1, -0.05) is 34.1 Å². The average Bonchev–Trinajstić information content (AvgIpc) is 2.60. The molecule has 0 saturated heterocycles. The van der Waals surface area contributed by atoms with Crippen LogP contribution in [0.2, 0.25) is 0 Å².